The van der Waals surface area contributed by atoms with E-state index in [0.717, 1.165) is 24.4 Å². The van der Waals surface area contributed by atoms with Gasteiger partial charge in [-0.1, -0.05) is 13.8 Å². The number of aromatic nitrogens is 2. The molecule has 0 aliphatic rings. The van der Waals surface area contributed by atoms with Crippen molar-refractivity contribution in [2.75, 3.05) is 6.54 Å². The summed E-state index contributed by atoms with van der Waals surface area (Å²) in [5, 5.41) is 3.29. The Kier molecular flexibility index (Phi) is 4.84. The molecule has 108 valence electrons. The minimum absolute atomic E-state index is 0.279. The predicted octanol–water partition coefficient (Wildman–Crippen LogP) is 2.96. The fourth-order valence-electron chi connectivity index (χ4n) is 1.93. The lowest BCUT2D eigenvalue weighted by molar-refractivity contribution is 0.548. The van der Waals surface area contributed by atoms with Crippen molar-refractivity contribution in [1.82, 2.24) is 14.9 Å². The Morgan fingerprint density at radius 3 is 2.85 bits per heavy atom. The zero-order chi connectivity index (χ0) is 14.5. The Balaban J connectivity index is 1.97. The second-order valence-corrected chi connectivity index (χ2v) is 5.30. The molecule has 1 N–H and O–H groups in total. The number of imidazole rings is 1. The third-order valence-corrected chi connectivity index (χ3v) is 2.91. The fourth-order valence-corrected chi connectivity index (χ4v) is 1.93. The van der Waals surface area contributed by atoms with Crippen molar-refractivity contribution >= 4 is 0 Å². The number of nitrogens with one attached hydrogen (secondary N) is 1. The molecular weight excluding hydrogens is 260 g/mol. The molecule has 3 nitrogen and oxygen atoms in total. The molecule has 0 unspecified atom stereocenters. The molecule has 0 amide bonds. The Labute approximate surface area is 117 Å². The van der Waals surface area contributed by atoms with Crippen molar-refractivity contribution in [3.63, 3.8) is 0 Å². The van der Waals surface area contributed by atoms with Crippen LogP contribution in [-0.4, -0.2) is 16.1 Å². The Bertz CT molecular complexity index is 564. The third kappa shape index (κ3) is 4.13. The first-order chi connectivity index (χ1) is 9.54. The lowest BCUT2D eigenvalue weighted by Crippen LogP contribution is -2.19. The summed E-state index contributed by atoms with van der Waals surface area (Å²) in [6, 6.07) is 3.48. The van der Waals surface area contributed by atoms with Crippen LogP contribution in [0.3, 0.4) is 0 Å². The van der Waals surface area contributed by atoms with Crippen LogP contribution in [-0.2, 0) is 13.1 Å². The van der Waals surface area contributed by atoms with Crippen LogP contribution < -0.4 is 5.32 Å². The van der Waals surface area contributed by atoms with Gasteiger partial charge in [0.1, 0.15) is 11.6 Å². The van der Waals surface area contributed by atoms with Crippen molar-refractivity contribution < 1.29 is 8.78 Å². The second kappa shape index (κ2) is 6.61. The van der Waals surface area contributed by atoms with Crippen molar-refractivity contribution in [3.05, 3.63) is 53.6 Å². The fraction of sp³-hybridized carbons (Fsp3) is 0.400. The van der Waals surface area contributed by atoms with Gasteiger partial charge in [-0.2, -0.15) is 0 Å². The molecule has 20 heavy (non-hydrogen) atoms. The quantitative estimate of drug-likeness (QED) is 0.881. The van der Waals surface area contributed by atoms with E-state index in [9.17, 15) is 8.78 Å². The molecule has 0 saturated heterocycles. The van der Waals surface area contributed by atoms with Gasteiger partial charge >= 0.3 is 0 Å². The van der Waals surface area contributed by atoms with Crippen molar-refractivity contribution in [1.29, 1.82) is 0 Å². The molecular formula is C15H19F2N3. The minimum Gasteiger partial charge on any atom is -0.333 e. The van der Waals surface area contributed by atoms with Gasteiger partial charge in [0.25, 0.3) is 0 Å². The first kappa shape index (κ1) is 14.7. The standard InChI is InChI=1S/C15H19F2N3/c1-11(2)6-18-7-14-9-20(10-19-14)8-12-5-13(16)3-4-15(12)17/h3-5,9-11,18H,6-8H2,1-2H3. The maximum atomic E-state index is 13.5. The minimum atomic E-state index is -0.430. The largest absolute Gasteiger partial charge is 0.333 e. The zero-order valence-electron chi connectivity index (χ0n) is 11.7. The average Bonchev–Trinajstić information content (AvgIpc) is 2.81. The maximum absolute atomic E-state index is 13.5. The molecule has 0 aliphatic carbocycles. The van der Waals surface area contributed by atoms with Gasteiger partial charge in [-0.15, -0.1) is 0 Å². The molecule has 0 saturated carbocycles. The first-order valence-electron chi connectivity index (χ1n) is 6.70. The molecule has 0 fully saturated rings. The maximum Gasteiger partial charge on any atom is 0.128 e. The topological polar surface area (TPSA) is 29.9 Å². The van der Waals surface area contributed by atoms with Gasteiger partial charge in [0, 0.05) is 18.3 Å². The van der Waals surface area contributed by atoms with Gasteiger partial charge in [-0.25, -0.2) is 13.8 Å². The lowest BCUT2D eigenvalue weighted by atomic mass is 10.2. The van der Waals surface area contributed by atoms with Crippen LogP contribution in [0.1, 0.15) is 25.1 Å². The number of halogens is 2. The SMILES string of the molecule is CC(C)CNCc1cn(Cc2cc(F)ccc2F)cn1. The summed E-state index contributed by atoms with van der Waals surface area (Å²) in [5.74, 6) is -0.251. The van der Waals surface area contributed by atoms with Gasteiger partial charge in [0.2, 0.25) is 0 Å². The summed E-state index contributed by atoms with van der Waals surface area (Å²) in [6.45, 7) is 6.15. The number of rotatable bonds is 6. The van der Waals surface area contributed by atoms with E-state index in [2.05, 4.69) is 24.1 Å². The van der Waals surface area contributed by atoms with Crippen LogP contribution in [0.15, 0.2) is 30.7 Å². The van der Waals surface area contributed by atoms with E-state index in [4.69, 9.17) is 0 Å². The summed E-state index contributed by atoms with van der Waals surface area (Å²) in [5.41, 5.74) is 1.21. The molecule has 1 aromatic heterocycles. The Hall–Kier alpha value is -1.75. The summed E-state index contributed by atoms with van der Waals surface area (Å²) >= 11 is 0. The summed E-state index contributed by atoms with van der Waals surface area (Å²) in [7, 11) is 0. The molecule has 2 rings (SSSR count). The average molecular weight is 279 g/mol. The predicted molar refractivity (Wildman–Crippen MR) is 74.2 cm³/mol. The van der Waals surface area contributed by atoms with E-state index in [1.807, 2.05) is 6.20 Å². The molecule has 1 heterocycles. The summed E-state index contributed by atoms with van der Waals surface area (Å²) in [6.07, 6.45) is 3.48. The van der Waals surface area contributed by atoms with Crippen LogP contribution >= 0.6 is 0 Å². The molecule has 0 bridgehead atoms. The van der Waals surface area contributed by atoms with E-state index >= 15 is 0 Å². The number of benzene rings is 1. The molecule has 0 radical (unpaired) electrons. The van der Waals surface area contributed by atoms with E-state index < -0.39 is 11.6 Å². The van der Waals surface area contributed by atoms with E-state index in [0.29, 0.717) is 18.0 Å². The van der Waals surface area contributed by atoms with Gasteiger partial charge in [0.15, 0.2) is 0 Å². The normalized spacial score (nSPS) is 11.2. The van der Waals surface area contributed by atoms with Crippen LogP contribution in [0, 0.1) is 17.6 Å². The van der Waals surface area contributed by atoms with Crippen molar-refractivity contribution in [2.45, 2.75) is 26.9 Å². The van der Waals surface area contributed by atoms with E-state index in [1.54, 1.807) is 10.9 Å². The highest BCUT2D eigenvalue weighted by Crippen LogP contribution is 2.11. The highest BCUT2D eigenvalue weighted by atomic mass is 19.1. The van der Waals surface area contributed by atoms with Gasteiger partial charge < -0.3 is 9.88 Å². The van der Waals surface area contributed by atoms with E-state index in [-0.39, 0.29) is 6.54 Å². The van der Waals surface area contributed by atoms with Crippen LogP contribution in [0.5, 0.6) is 0 Å². The number of hydrogen-bond acceptors (Lipinski definition) is 2. The second-order valence-electron chi connectivity index (χ2n) is 5.30. The van der Waals surface area contributed by atoms with Crippen LogP contribution in [0.25, 0.3) is 0 Å². The van der Waals surface area contributed by atoms with Crippen molar-refractivity contribution in [3.8, 4) is 0 Å². The van der Waals surface area contributed by atoms with Crippen molar-refractivity contribution in [2.24, 2.45) is 5.92 Å². The highest BCUT2D eigenvalue weighted by molar-refractivity contribution is 5.19. The van der Waals surface area contributed by atoms with Gasteiger partial charge in [0.05, 0.1) is 18.6 Å². The van der Waals surface area contributed by atoms with Gasteiger partial charge in [-0.3, -0.25) is 0 Å². The van der Waals surface area contributed by atoms with Crippen LogP contribution in [0.4, 0.5) is 8.78 Å². The molecule has 1 aromatic carbocycles. The van der Waals surface area contributed by atoms with Gasteiger partial charge in [-0.05, 0) is 30.7 Å². The monoisotopic (exact) mass is 279 g/mol. The summed E-state index contributed by atoms with van der Waals surface area (Å²) < 4.78 is 28.4. The Morgan fingerprint density at radius 1 is 1.30 bits per heavy atom. The van der Waals surface area contributed by atoms with E-state index in [1.165, 1.54) is 6.07 Å². The first-order valence-corrected chi connectivity index (χ1v) is 6.70. The van der Waals surface area contributed by atoms with Crippen LogP contribution in [0.2, 0.25) is 0 Å². The third-order valence-electron chi connectivity index (χ3n) is 2.91. The number of nitrogens with zero attached hydrogens (tertiary/aromatic N) is 2. The lowest BCUT2D eigenvalue weighted by Gasteiger charge is -2.05. The summed E-state index contributed by atoms with van der Waals surface area (Å²) in [4.78, 5) is 4.25. The Morgan fingerprint density at radius 2 is 2.10 bits per heavy atom. The smallest absolute Gasteiger partial charge is 0.128 e. The molecule has 0 aliphatic heterocycles. The highest BCUT2D eigenvalue weighted by Gasteiger charge is 2.06. The molecule has 0 atom stereocenters. The number of hydrogen-bond donors (Lipinski definition) is 1. The molecule has 0 spiro atoms. The molecule has 2 aromatic rings. The zero-order valence-corrected chi connectivity index (χ0v) is 11.7. The molecule has 5 heteroatoms.